The second kappa shape index (κ2) is 6.49. The molecular weight excluding hydrogens is 186 g/mol. The lowest BCUT2D eigenvalue weighted by molar-refractivity contribution is 0.0696. The van der Waals surface area contributed by atoms with E-state index in [0.717, 1.165) is 24.9 Å². The van der Waals surface area contributed by atoms with Gasteiger partial charge in [0.2, 0.25) is 0 Å². The van der Waals surface area contributed by atoms with Gasteiger partial charge in [-0.3, -0.25) is 4.90 Å². The maximum Gasteiger partial charge on any atom is 0.0956 e. The number of hydrogen-bond donors (Lipinski definition) is 1. The van der Waals surface area contributed by atoms with E-state index in [2.05, 4.69) is 46.4 Å². The number of rotatable bonds is 6. The van der Waals surface area contributed by atoms with Crippen LogP contribution in [0, 0.1) is 17.3 Å². The average Bonchev–Trinajstić information content (AvgIpc) is 2.09. The van der Waals surface area contributed by atoms with Crippen molar-refractivity contribution in [1.29, 1.82) is 0 Å². The molecule has 1 atom stereocenters. The first-order valence-corrected chi connectivity index (χ1v) is 6.09. The average molecular weight is 215 g/mol. The van der Waals surface area contributed by atoms with E-state index >= 15 is 0 Å². The second-order valence-electron chi connectivity index (χ2n) is 6.26. The third-order valence-corrected chi connectivity index (χ3v) is 2.94. The molecule has 0 heterocycles. The molecule has 1 N–H and O–H groups in total. The maximum absolute atomic E-state index is 9.27. The molecule has 15 heavy (non-hydrogen) atoms. The van der Waals surface area contributed by atoms with E-state index < -0.39 is 0 Å². The fraction of sp³-hybridized carbons (Fsp3) is 1.00. The highest BCUT2D eigenvalue weighted by molar-refractivity contribution is 4.68. The topological polar surface area (TPSA) is 23.5 Å². The normalized spacial score (nSPS) is 15.0. The molecule has 0 aliphatic carbocycles. The molecule has 0 aromatic rings. The van der Waals surface area contributed by atoms with E-state index in [4.69, 9.17) is 0 Å². The summed E-state index contributed by atoms with van der Waals surface area (Å²) >= 11 is 0. The summed E-state index contributed by atoms with van der Waals surface area (Å²) in [6.45, 7) is 15.6. The Morgan fingerprint density at radius 2 is 1.67 bits per heavy atom. The number of nitrogens with zero attached hydrogens (tertiary/aromatic N) is 1. The van der Waals surface area contributed by atoms with Gasteiger partial charge in [-0.2, -0.15) is 0 Å². The van der Waals surface area contributed by atoms with Gasteiger partial charge in [-0.1, -0.05) is 41.5 Å². The molecule has 0 saturated heterocycles. The van der Waals surface area contributed by atoms with Crippen molar-refractivity contribution in [2.45, 2.75) is 48.0 Å². The van der Waals surface area contributed by atoms with E-state index in [1.807, 2.05) is 0 Å². The number of hydrogen-bond acceptors (Lipinski definition) is 2. The Morgan fingerprint density at radius 3 is 2.00 bits per heavy atom. The van der Waals surface area contributed by atoms with Gasteiger partial charge < -0.3 is 5.11 Å². The molecule has 1 unspecified atom stereocenters. The first-order chi connectivity index (χ1) is 6.76. The van der Waals surface area contributed by atoms with Crippen LogP contribution in [0.15, 0.2) is 0 Å². The molecule has 0 bridgehead atoms. The van der Waals surface area contributed by atoms with Crippen LogP contribution in [0.4, 0.5) is 0 Å². The maximum atomic E-state index is 9.27. The minimum atomic E-state index is 0.183. The van der Waals surface area contributed by atoms with Crippen molar-refractivity contribution < 1.29 is 5.11 Å². The van der Waals surface area contributed by atoms with Crippen molar-refractivity contribution in [2.24, 2.45) is 17.3 Å². The predicted molar refractivity (Wildman–Crippen MR) is 66.7 cm³/mol. The van der Waals surface area contributed by atoms with Gasteiger partial charge in [-0.05, 0) is 23.7 Å². The fourth-order valence-electron chi connectivity index (χ4n) is 1.59. The van der Waals surface area contributed by atoms with Crippen molar-refractivity contribution in [2.75, 3.05) is 19.8 Å². The molecule has 0 amide bonds. The van der Waals surface area contributed by atoms with Gasteiger partial charge in [0, 0.05) is 13.1 Å². The monoisotopic (exact) mass is 215 g/mol. The Hall–Kier alpha value is -0.0800. The highest BCUT2D eigenvalue weighted by atomic mass is 16.3. The summed E-state index contributed by atoms with van der Waals surface area (Å²) in [6, 6.07) is 0. The molecule has 0 saturated carbocycles. The first kappa shape index (κ1) is 14.9. The molecular formula is C13H29NO. The van der Waals surface area contributed by atoms with Crippen molar-refractivity contribution >= 4 is 0 Å². The Morgan fingerprint density at radius 1 is 1.13 bits per heavy atom. The standard InChI is InChI=1S/C13H29NO/c1-11(2)12(3)7-8-14(10-15)9-13(4,5)6/h11-12,15H,7-10H2,1-6H3. The lowest BCUT2D eigenvalue weighted by Crippen LogP contribution is -2.35. The van der Waals surface area contributed by atoms with E-state index in [1.165, 1.54) is 6.42 Å². The third kappa shape index (κ3) is 7.80. The van der Waals surface area contributed by atoms with Gasteiger partial charge >= 0.3 is 0 Å². The van der Waals surface area contributed by atoms with Crippen molar-refractivity contribution in [3.05, 3.63) is 0 Å². The van der Waals surface area contributed by atoms with Crippen LogP contribution < -0.4 is 0 Å². The fourth-order valence-corrected chi connectivity index (χ4v) is 1.59. The van der Waals surface area contributed by atoms with Gasteiger partial charge in [0.15, 0.2) is 0 Å². The lowest BCUT2D eigenvalue weighted by atomic mass is 9.93. The second-order valence-corrected chi connectivity index (χ2v) is 6.26. The van der Waals surface area contributed by atoms with Crippen LogP contribution in [0.25, 0.3) is 0 Å². The molecule has 92 valence electrons. The van der Waals surface area contributed by atoms with E-state index in [1.54, 1.807) is 0 Å². The molecule has 0 aromatic heterocycles. The van der Waals surface area contributed by atoms with E-state index in [-0.39, 0.29) is 12.1 Å². The minimum Gasteiger partial charge on any atom is -0.381 e. The molecule has 0 radical (unpaired) electrons. The predicted octanol–water partition coefficient (Wildman–Crippen LogP) is 2.97. The molecule has 2 nitrogen and oxygen atoms in total. The zero-order valence-corrected chi connectivity index (χ0v) is 11.4. The molecule has 0 fully saturated rings. The van der Waals surface area contributed by atoms with Crippen LogP contribution in [0.1, 0.15) is 48.0 Å². The van der Waals surface area contributed by atoms with Crippen molar-refractivity contribution in [1.82, 2.24) is 4.90 Å². The van der Waals surface area contributed by atoms with Gasteiger partial charge in [0.1, 0.15) is 0 Å². The third-order valence-electron chi connectivity index (χ3n) is 2.94. The molecule has 0 spiro atoms. The Balaban J connectivity index is 3.90. The van der Waals surface area contributed by atoms with Crippen molar-refractivity contribution in [3.63, 3.8) is 0 Å². The Bertz CT molecular complexity index is 160. The van der Waals surface area contributed by atoms with E-state index in [0.29, 0.717) is 0 Å². The van der Waals surface area contributed by atoms with Crippen LogP contribution in [-0.2, 0) is 0 Å². The summed E-state index contributed by atoms with van der Waals surface area (Å²) in [7, 11) is 0. The summed E-state index contributed by atoms with van der Waals surface area (Å²) < 4.78 is 0. The van der Waals surface area contributed by atoms with Crippen LogP contribution in [-0.4, -0.2) is 29.8 Å². The zero-order valence-electron chi connectivity index (χ0n) is 11.4. The lowest BCUT2D eigenvalue weighted by Gasteiger charge is -2.29. The van der Waals surface area contributed by atoms with Crippen LogP contribution in [0.2, 0.25) is 0 Å². The largest absolute Gasteiger partial charge is 0.381 e. The van der Waals surface area contributed by atoms with Gasteiger partial charge in [0.25, 0.3) is 0 Å². The van der Waals surface area contributed by atoms with Crippen LogP contribution in [0.3, 0.4) is 0 Å². The SMILES string of the molecule is CC(C)C(C)CCN(CO)CC(C)(C)C. The Kier molecular flexibility index (Phi) is 6.46. The highest BCUT2D eigenvalue weighted by Gasteiger charge is 2.16. The summed E-state index contributed by atoms with van der Waals surface area (Å²) in [5.41, 5.74) is 0.268. The summed E-state index contributed by atoms with van der Waals surface area (Å²) in [5, 5.41) is 9.27. The summed E-state index contributed by atoms with van der Waals surface area (Å²) in [6.07, 6.45) is 1.17. The van der Waals surface area contributed by atoms with Gasteiger partial charge in [-0.25, -0.2) is 0 Å². The molecule has 0 rings (SSSR count). The molecule has 2 heteroatoms. The van der Waals surface area contributed by atoms with Gasteiger partial charge in [-0.15, -0.1) is 0 Å². The number of aliphatic hydroxyl groups excluding tert-OH is 1. The molecule has 0 aliphatic rings. The van der Waals surface area contributed by atoms with Crippen LogP contribution >= 0.6 is 0 Å². The van der Waals surface area contributed by atoms with Crippen LogP contribution in [0.5, 0.6) is 0 Å². The number of aliphatic hydroxyl groups is 1. The first-order valence-electron chi connectivity index (χ1n) is 6.09. The minimum absolute atomic E-state index is 0.183. The zero-order chi connectivity index (χ0) is 12.1. The highest BCUT2D eigenvalue weighted by Crippen LogP contribution is 2.18. The summed E-state index contributed by atoms with van der Waals surface area (Å²) in [5.74, 6) is 1.47. The van der Waals surface area contributed by atoms with E-state index in [9.17, 15) is 5.11 Å². The smallest absolute Gasteiger partial charge is 0.0956 e. The summed E-state index contributed by atoms with van der Waals surface area (Å²) in [4.78, 5) is 2.14. The quantitative estimate of drug-likeness (QED) is 0.689. The van der Waals surface area contributed by atoms with Gasteiger partial charge in [0.05, 0.1) is 6.73 Å². The molecule has 0 aromatic carbocycles. The molecule has 0 aliphatic heterocycles. The Labute approximate surface area is 95.7 Å². The van der Waals surface area contributed by atoms with Crippen molar-refractivity contribution in [3.8, 4) is 0 Å².